The quantitative estimate of drug-likeness (QED) is 0.339. The second-order valence-electron chi connectivity index (χ2n) is 7.47. The lowest BCUT2D eigenvalue weighted by Gasteiger charge is -2.12. The van der Waals surface area contributed by atoms with E-state index in [9.17, 15) is 4.79 Å². The molecular formula is C26H24N2O2. The Morgan fingerprint density at radius 1 is 0.867 bits per heavy atom. The molecule has 4 rings (SSSR count). The van der Waals surface area contributed by atoms with Crippen molar-refractivity contribution >= 4 is 22.9 Å². The van der Waals surface area contributed by atoms with E-state index in [1.165, 1.54) is 11.1 Å². The van der Waals surface area contributed by atoms with E-state index in [1.807, 2.05) is 30.3 Å². The Labute approximate surface area is 175 Å². The highest BCUT2D eigenvalue weighted by molar-refractivity contribution is 6.00. The molecule has 0 amide bonds. The van der Waals surface area contributed by atoms with Crippen LogP contribution in [0.15, 0.2) is 87.0 Å². The predicted octanol–water partition coefficient (Wildman–Crippen LogP) is 5.64. The Morgan fingerprint density at radius 2 is 1.50 bits per heavy atom. The van der Waals surface area contributed by atoms with Crippen LogP contribution >= 0.6 is 0 Å². The summed E-state index contributed by atoms with van der Waals surface area (Å²) in [5, 5.41) is 4.30. The SMILES string of the molecule is Cc1ccc(CN=Cc2c(NCc3ccc(C)cc3)c3ccccc3oc2=O)cc1. The molecule has 3 aromatic carbocycles. The molecule has 0 aliphatic heterocycles. The number of hydrogen-bond acceptors (Lipinski definition) is 4. The van der Waals surface area contributed by atoms with Gasteiger partial charge in [-0.15, -0.1) is 0 Å². The molecule has 4 heteroatoms. The van der Waals surface area contributed by atoms with Gasteiger partial charge in [-0.05, 0) is 37.1 Å². The Kier molecular flexibility index (Phi) is 5.75. The third-order valence-electron chi connectivity index (χ3n) is 5.05. The summed E-state index contributed by atoms with van der Waals surface area (Å²) in [5.74, 6) is 0. The van der Waals surface area contributed by atoms with E-state index in [0.717, 1.165) is 22.2 Å². The van der Waals surface area contributed by atoms with Gasteiger partial charge in [0.15, 0.2) is 0 Å². The Hall–Kier alpha value is -3.66. The highest BCUT2D eigenvalue weighted by atomic mass is 16.4. The molecule has 1 N–H and O–H groups in total. The molecule has 0 bridgehead atoms. The molecule has 0 aliphatic rings. The number of aryl methyl sites for hydroxylation is 2. The summed E-state index contributed by atoms with van der Waals surface area (Å²) < 4.78 is 5.53. The lowest BCUT2D eigenvalue weighted by Crippen LogP contribution is -2.13. The molecule has 0 saturated carbocycles. The number of benzene rings is 3. The highest BCUT2D eigenvalue weighted by Gasteiger charge is 2.13. The lowest BCUT2D eigenvalue weighted by atomic mass is 10.1. The van der Waals surface area contributed by atoms with Gasteiger partial charge in [0.25, 0.3) is 0 Å². The van der Waals surface area contributed by atoms with Gasteiger partial charge in [0.05, 0.1) is 12.2 Å². The van der Waals surface area contributed by atoms with Crippen LogP contribution < -0.4 is 10.9 Å². The van der Waals surface area contributed by atoms with E-state index in [-0.39, 0.29) is 0 Å². The second kappa shape index (κ2) is 8.78. The van der Waals surface area contributed by atoms with Crippen molar-refractivity contribution in [2.75, 3.05) is 5.32 Å². The molecule has 0 unspecified atom stereocenters. The number of nitrogens with zero attached hydrogens (tertiary/aromatic N) is 1. The molecular weight excluding hydrogens is 372 g/mol. The maximum atomic E-state index is 12.7. The first kappa shape index (κ1) is 19.6. The number of aliphatic imine (C=N–C) groups is 1. The van der Waals surface area contributed by atoms with Crippen molar-refractivity contribution in [3.63, 3.8) is 0 Å². The van der Waals surface area contributed by atoms with Gasteiger partial charge >= 0.3 is 5.63 Å². The number of anilines is 1. The normalized spacial score (nSPS) is 11.3. The zero-order chi connectivity index (χ0) is 20.9. The van der Waals surface area contributed by atoms with E-state index >= 15 is 0 Å². The van der Waals surface area contributed by atoms with Crippen molar-refractivity contribution in [2.45, 2.75) is 26.9 Å². The van der Waals surface area contributed by atoms with Crippen LogP contribution in [-0.2, 0) is 13.1 Å². The first-order valence-electron chi connectivity index (χ1n) is 10.0. The molecule has 1 heterocycles. The summed E-state index contributed by atoms with van der Waals surface area (Å²) in [4.78, 5) is 17.2. The van der Waals surface area contributed by atoms with Crippen LogP contribution in [-0.4, -0.2) is 6.21 Å². The molecule has 150 valence electrons. The zero-order valence-corrected chi connectivity index (χ0v) is 17.2. The summed E-state index contributed by atoms with van der Waals surface area (Å²) in [6.07, 6.45) is 1.62. The number of nitrogens with one attached hydrogen (secondary N) is 1. The second-order valence-corrected chi connectivity index (χ2v) is 7.47. The largest absolute Gasteiger partial charge is 0.422 e. The standard InChI is InChI=1S/C26H24N2O2/c1-18-7-11-20(12-8-18)15-27-17-23-25(28-16-21-13-9-19(2)10-14-21)22-5-3-4-6-24(22)30-26(23)29/h3-14,17,28H,15-16H2,1-2H3. The van der Waals surface area contributed by atoms with Crippen molar-refractivity contribution < 1.29 is 4.42 Å². The van der Waals surface area contributed by atoms with E-state index in [1.54, 1.807) is 12.3 Å². The minimum absolute atomic E-state index is 0.396. The molecule has 0 spiro atoms. The van der Waals surface area contributed by atoms with Gasteiger partial charge in [0, 0.05) is 18.1 Å². The van der Waals surface area contributed by atoms with E-state index < -0.39 is 5.63 Å². The van der Waals surface area contributed by atoms with Crippen LogP contribution in [0.5, 0.6) is 0 Å². The molecule has 1 aromatic heterocycles. The Bertz CT molecular complexity index is 1240. The van der Waals surface area contributed by atoms with Gasteiger partial charge in [0.1, 0.15) is 11.1 Å². The zero-order valence-electron chi connectivity index (χ0n) is 17.2. The number of rotatable bonds is 6. The van der Waals surface area contributed by atoms with Crippen molar-refractivity contribution in [2.24, 2.45) is 4.99 Å². The summed E-state index contributed by atoms with van der Waals surface area (Å²) in [7, 11) is 0. The van der Waals surface area contributed by atoms with Gasteiger partial charge in [-0.2, -0.15) is 0 Å². The van der Waals surface area contributed by atoms with Crippen molar-refractivity contribution in [1.29, 1.82) is 0 Å². The van der Waals surface area contributed by atoms with Crippen LogP contribution in [0, 0.1) is 13.8 Å². The fourth-order valence-electron chi connectivity index (χ4n) is 3.30. The maximum Gasteiger partial charge on any atom is 0.347 e. The fourth-order valence-corrected chi connectivity index (χ4v) is 3.30. The topological polar surface area (TPSA) is 54.6 Å². The third-order valence-corrected chi connectivity index (χ3v) is 5.05. The summed E-state index contributed by atoms with van der Waals surface area (Å²) >= 11 is 0. The van der Waals surface area contributed by atoms with Crippen LogP contribution in [0.3, 0.4) is 0 Å². The Morgan fingerprint density at radius 3 is 2.20 bits per heavy atom. The monoisotopic (exact) mass is 396 g/mol. The molecule has 0 fully saturated rings. The average Bonchev–Trinajstić information content (AvgIpc) is 2.75. The molecule has 4 nitrogen and oxygen atoms in total. The molecule has 4 aromatic rings. The van der Waals surface area contributed by atoms with Crippen molar-refractivity contribution in [3.05, 3.63) is 111 Å². The maximum absolute atomic E-state index is 12.7. The van der Waals surface area contributed by atoms with E-state index in [0.29, 0.717) is 24.2 Å². The molecule has 30 heavy (non-hydrogen) atoms. The van der Waals surface area contributed by atoms with Gasteiger partial charge in [0.2, 0.25) is 0 Å². The van der Waals surface area contributed by atoms with Crippen molar-refractivity contribution in [3.8, 4) is 0 Å². The minimum Gasteiger partial charge on any atom is -0.422 e. The van der Waals surface area contributed by atoms with Crippen molar-refractivity contribution in [1.82, 2.24) is 0 Å². The fraction of sp³-hybridized carbons (Fsp3) is 0.154. The first-order chi connectivity index (χ1) is 14.6. The van der Waals surface area contributed by atoms with Crippen LogP contribution in [0.25, 0.3) is 11.0 Å². The highest BCUT2D eigenvalue weighted by Crippen LogP contribution is 2.25. The summed E-state index contributed by atoms with van der Waals surface area (Å²) in [6.45, 7) is 5.23. The van der Waals surface area contributed by atoms with Gasteiger partial charge in [-0.3, -0.25) is 4.99 Å². The number of fused-ring (bicyclic) bond motifs is 1. The van der Waals surface area contributed by atoms with E-state index in [4.69, 9.17) is 4.42 Å². The first-order valence-corrected chi connectivity index (χ1v) is 10.0. The average molecular weight is 396 g/mol. The lowest BCUT2D eigenvalue weighted by molar-refractivity contribution is 0.560. The van der Waals surface area contributed by atoms with E-state index in [2.05, 4.69) is 60.6 Å². The molecule has 0 saturated heterocycles. The smallest absolute Gasteiger partial charge is 0.347 e. The number of para-hydroxylation sites is 1. The van der Waals surface area contributed by atoms with Gasteiger partial charge in [-0.25, -0.2) is 4.79 Å². The minimum atomic E-state index is -0.396. The summed E-state index contributed by atoms with van der Waals surface area (Å²) in [5.41, 5.74) is 6.01. The summed E-state index contributed by atoms with van der Waals surface area (Å²) in [6, 6.07) is 24.1. The number of hydrogen-bond donors (Lipinski definition) is 1. The molecule has 0 radical (unpaired) electrons. The van der Waals surface area contributed by atoms with Gasteiger partial charge in [-0.1, -0.05) is 71.8 Å². The molecule has 0 aliphatic carbocycles. The van der Waals surface area contributed by atoms with Crippen LogP contribution in [0.1, 0.15) is 27.8 Å². The van der Waals surface area contributed by atoms with Crippen LogP contribution in [0.4, 0.5) is 5.69 Å². The third kappa shape index (κ3) is 4.49. The van der Waals surface area contributed by atoms with Crippen LogP contribution in [0.2, 0.25) is 0 Å². The van der Waals surface area contributed by atoms with Gasteiger partial charge < -0.3 is 9.73 Å². The predicted molar refractivity (Wildman–Crippen MR) is 123 cm³/mol. The molecule has 0 atom stereocenters. The Balaban J connectivity index is 1.66.